The van der Waals surface area contributed by atoms with E-state index in [0.29, 0.717) is 18.3 Å². The molecule has 0 aromatic heterocycles. The second-order valence-electron chi connectivity index (χ2n) is 5.21. The molecule has 0 aromatic carbocycles. The summed E-state index contributed by atoms with van der Waals surface area (Å²) in [5.41, 5.74) is 0. The van der Waals surface area contributed by atoms with Gasteiger partial charge in [0.25, 0.3) is 0 Å². The Morgan fingerprint density at radius 2 is 2.29 bits per heavy atom. The van der Waals surface area contributed by atoms with Gasteiger partial charge in [-0.15, -0.1) is 0 Å². The molecular formula is C13H26N2OS. The summed E-state index contributed by atoms with van der Waals surface area (Å²) in [5.74, 6) is 2.37. The van der Waals surface area contributed by atoms with Crippen LogP contribution in [0.25, 0.3) is 0 Å². The molecule has 3 atom stereocenters. The third-order valence-corrected chi connectivity index (χ3v) is 4.30. The standard InChI is InChI=1S/C13H26N2OS/c1-10(12-5-4-6-14-8-12)7-13(16)15-11(2)9-17-3/h10-12,14H,4-9H2,1-3H3,(H,15,16). The fourth-order valence-electron chi connectivity index (χ4n) is 2.45. The normalized spacial score (nSPS) is 24.1. The number of rotatable bonds is 6. The second-order valence-corrected chi connectivity index (χ2v) is 6.12. The average molecular weight is 258 g/mol. The van der Waals surface area contributed by atoms with Crippen LogP contribution in [0.5, 0.6) is 0 Å². The van der Waals surface area contributed by atoms with Gasteiger partial charge in [0.2, 0.25) is 5.91 Å². The van der Waals surface area contributed by atoms with E-state index in [2.05, 4.69) is 30.7 Å². The van der Waals surface area contributed by atoms with E-state index in [4.69, 9.17) is 0 Å². The van der Waals surface area contributed by atoms with E-state index in [1.807, 2.05) is 0 Å². The van der Waals surface area contributed by atoms with Crippen molar-refractivity contribution in [2.45, 2.75) is 39.2 Å². The summed E-state index contributed by atoms with van der Waals surface area (Å²) in [4.78, 5) is 11.8. The number of carbonyl (C=O) groups is 1. The maximum atomic E-state index is 11.8. The molecule has 0 aromatic rings. The molecule has 1 aliphatic heterocycles. The molecule has 0 radical (unpaired) electrons. The smallest absolute Gasteiger partial charge is 0.220 e. The van der Waals surface area contributed by atoms with Gasteiger partial charge < -0.3 is 10.6 Å². The van der Waals surface area contributed by atoms with Crippen molar-refractivity contribution in [1.29, 1.82) is 0 Å². The highest BCUT2D eigenvalue weighted by atomic mass is 32.2. The SMILES string of the molecule is CSCC(C)NC(=O)CC(C)C1CCCNC1. The Balaban J connectivity index is 2.24. The maximum Gasteiger partial charge on any atom is 0.220 e. The topological polar surface area (TPSA) is 41.1 Å². The molecule has 1 aliphatic rings. The highest BCUT2D eigenvalue weighted by Crippen LogP contribution is 2.22. The highest BCUT2D eigenvalue weighted by molar-refractivity contribution is 7.98. The van der Waals surface area contributed by atoms with Crippen LogP contribution >= 0.6 is 11.8 Å². The van der Waals surface area contributed by atoms with Crippen LogP contribution in [0, 0.1) is 11.8 Å². The summed E-state index contributed by atoms with van der Waals surface area (Å²) in [6, 6.07) is 0.286. The average Bonchev–Trinajstić information content (AvgIpc) is 2.30. The number of amides is 1. The molecule has 1 saturated heterocycles. The number of hydrogen-bond acceptors (Lipinski definition) is 3. The highest BCUT2D eigenvalue weighted by Gasteiger charge is 2.22. The van der Waals surface area contributed by atoms with Gasteiger partial charge in [0.05, 0.1) is 0 Å². The van der Waals surface area contributed by atoms with Crippen molar-refractivity contribution in [2.24, 2.45) is 11.8 Å². The van der Waals surface area contributed by atoms with Crippen LogP contribution in [0.3, 0.4) is 0 Å². The zero-order valence-corrected chi connectivity index (χ0v) is 12.1. The summed E-state index contributed by atoms with van der Waals surface area (Å²) in [6.07, 6.45) is 5.26. The van der Waals surface area contributed by atoms with Crippen LogP contribution in [0.1, 0.15) is 33.1 Å². The van der Waals surface area contributed by atoms with Crippen LogP contribution in [-0.4, -0.2) is 37.0 Å². The number of carbonyl (C=O) groups excluding carboxylic acids is 1. The third-order valence-electron chi connectivity index (χ3n) is 3.47. The fraction of sp³-hybridized carbons (Fsp3) is 0.923. The largest absolute Gasteiger partial charge is 0.353 e. The Labute approximate surface area is 109 Å². The van der Waals surface area contributed by atoms with Crippen molar-refractivity contribution in [1.82, 2.24) is 10.6 Å². The number of piperidine rings is 1. The number of nitrogens with one attached hydrogen (secondary N) is 2. The van der Waals surface area contributed by atoms with E-state index in [9.17, 15) is 4.79 Å². The molecule has 0 bridgehead atoms. The van der Waals surface area contributed by atoms with E-state index >= 15 is 0 Å². The molecule has 1 amide bonds. The van der Waals surface area contributed by atoms with Crippen molar-refractivity contribution in [2.75, 3.05) is 25.1 Å². The summed E-state index contributed by atoms with van der Waals surface area (Å²) >= 11 is 1.77. The minimum Gasteiger partial charge on any atom is -0.353 e. The zero-order valence-electron chi connectivity index (χ0n) is 11.3. The second kappa shape index (κ2) is 7.98. The molecule has 0 aliphatic carbocycles. The molecule has 2 N–H and O–H groups in total. The maximum absolute atomic E-state index is 11.8. The van der Waals surface area contributed by atoms with E-state index < -0.39 is 0 Å². The lowest BCUT2D eigenvalue weighted by molar-refractivity contribution is -0.122. The van der Waals surface area contributed by atoms with Gasteiger partial charge >= 0.3 is 0 Å². The van der Waals surface area contributed by atoms with Gasteiger partial charge in [-0.1, -0.05) is 6.92 Å². The van der Waals surface area contributed by atoms with Crippen molar-refractivity contribution >= 4 is 17.7 Å². The third kappa shape index (κ3) is 5.77. The van der Waals surface area contributed by atoms with Gasteiger partial charge in [0.1, 0.15) is 0 Å². The summed E-state index contributed by atoms with van der Waals surface area (Å²) in [6.45, 7) is 6.49. The Hall–Kier alpha value is -0.220. The molecule has 100 valence electrons. The molecule has 17 heavy (non-hydrogen) atoms. The van der Waals surface area contributed by atoms with Crippen LogP contribution in [0.2, 0.25) is 0 Å². The molecular weight excluding hydrogens is 232 g/mol. The van der Waals surface area contributed by atoms with Crippen molar-refractivity contribution in [3.8, 4) is 0 Å². The summed E-state index contributed by atoms with van der Waals surface area (Å²) < 4.78 is 0. The van der Waals surface area contributed by atoms with E-state index in [-0.39, 0.29) is 11.9 Å². The van der Waals surface area contributed by atoms with Gasteiger partial charge in [0, 0.05) is 18.2 Å². The van der Waals surface area contributed by atoms with Gasteiger partial charge in [-0.3, -0.25) is 4.79 Å². The molecule has 3 nitrogen and oxygen atoms in total. The monoisotopic (exact) mass is 258 g/mol. The van der Waals surface area contributed by atoms with Crippen molar-refractivity contribution in [3.63, 3.8) is 0 Å². The Kier molecular flexibility index (Phi) is 6.97. The quantitative estimate of drug-likeness (QED) is 0.764. The first-order chi connectivity index (χ1) is 8.13. The Morgan fingerprint density at radius 3 is 2.88 bits per heavy atom. The van der Waals surface area contributed by atoms with Crippen LogP contribution in [0.4, 0.5) is 0 Å². The van der Waals surface area contributed by atoms with Crippen LogP contribution in [0.15, 0.2) is 0 Å². The molecule has 3 unspecified atom stereocenters. The predicted molar refractivity (Wildman–Crippen MR) is 75.4 cm³/mol. The number of hydrogen-bond donors (Lipinski definition) is 2. The molecule has 0 spiro atoms. The van der Waals surface area contributed by atoms with E-state index in [1.165, 1.54) is 12.8 Å². The Morgan fingerprint density at radius 1 is 1.53 bits per heavy atom. The lowest BCUT2D eigenvalue weighted by Gasteiger charge is -2.28. The first kappa shape index (κ1) is 14.8. The minimum atomic E-state index is 0.213. The van der Waals surface area contributed by atoms with Gasteiger partial charge in [-0.2, -0.15) is 11.8 Å². The predicted octanol–water partition coefficient (Wildman–Crippen LogP) is 1.88. The lowest BCUT2D eigenvalue weighted by atomic mass is 9.85. The lowest BCUT2D eigenvalue weighted by Crippen LogP contribution is -2.38. The zero-order chi connectivity index (χ0) is 12.7. The molecule has 1 rings (SSSR count). The molecule has 0 saturated carbocycles. The van der Waals surface area contributed by atoms with Crippen LogP contribution < -0.4 is 10.6 Å². The van der Waals surface area contributed by atoms with Crippen molar-refractivity contribution < 1.29 is 4.79 Å². The summed E-state index contributed by atoms with van der Waals surface area (Å²) in [5, 5.41) is 6.49. The van der Waals surface area contributed by atoms with E-state index in [1.54, 1.807) is 11.8 Å². The first-order valence-corrected chi connectivity index (χ1v) is 8.02. The fourth-order valence-corrected chi connectivity index (χ4v) is 3.03. The molecule has 1 heterocycles. The number of thioether (sulfide) groups is 1. The van der Waals surface area contributed by atoms with Gasteiger partial charge in [-0.25, -0.2) is 0 Å². The van der Waals surface area contributed by atoms with Crippen LogP contribution in [-0.2, 0) is 4.79 Å². The van der Waals surface area contributed by atoms with Gasteiger partial charge in [-0.05, 0) is 50.9 Å². The first-order valence-electron chi connectivity index (χ1n) is 6.62. The minimum absolute atomic E-state index is 0.213. The van der Waals surface area contributed by atoms with E-state index in [0.717, 1.165) is 18.8 Å². The molecule has 4 heteroatoms. The van der Waals surface area contributed by atoms with Crippen molar-refractivity contribution in [3.05, 3.63) is 0 Å². The summed E-state index contributed by atoms with van der Waals surface area (Å²) in [7, 11) is 0. The molecule has 1 fully saturated rings. The van der Waals surface area contributed by atoms with Gasteiger partial charge in [0.15, 0.2) is 0 Å². The Bertz CT molecular complexity index is 229.